The molecular weight excluding hydrogens is 506 g/mol. The maximum atomic E-state index is 13.3. The summed E-state index contributed by atoms with van der Waals surface area (Å²) in [6.45, 7) is 7.93. The van der Waals surface area contributed by atoms with Gasteiger partial charge in [0.05, 0.1) is 21.1 Å². The van der Waals surface area contributed by atoms with Crippen molar-refractivity contribution in [3.8, 4) is 11.5 Å². The lowest BCUT2D eigenvalue weighted by Crippen LogP contribution is -2.52. The van der Waals surface area contributed by atoms with Gasteiger partial charge in [-0.3, -0.25) is 0 Å². The Kier molecular flexibility index (Phi) is 10.1. The van der Waals surface area contributed by atoms with Crippen LogP contribution >= 0.6 is 0 Å². The molecule has 8 nitrogen and oxygen atoms in total. The molecule has 0 fully saturated rings. The fourth-order valence-electron chi connectivity index (χ4n) is 4.84. The number of hydrogen-bond donors (Lipinski definition) is 0. The zero-order chi connectivity index (χ0) is 29.4. The van der Waals surface area contributed by atoms with Gasteiger partial charge < -0.3 is 24.3 Å². The van der Waals surface area contributed by atoms with Gasteiger partial charge in [-0.1, -0.05) is 55.8 Å². The van der Waals surface area contributed by atoms with E-state index in [1.807, 2.05) is 81.4 Å². The molecule has 40 heavy (non-hydrogen) atoms. The van der Waals surface area contributed by atoms with E-state index in [2.05, 4.69) is 0 Å². The number of amidine groups is 1. The lowest BCUT2D eigenvalue weighted by atomic mass is 9.98. The predicted molar refractivity (Wildman–Crippen MR) is 156 cm³/mol. The largest absolute Gasteiger partial charge is 0.541 e. The van der Waals surface area contributed by atoms with Crippen LogP contribution in [0.2, 0.25) is 0 Å². The number of methoxy groups -OCH3 is 2. The van der Waals surface area contributed by atoms with Crippen LogP contribution in [0.5, 0.6) is 11.5 Å². The number of amides is 1. The highest BCUT2D eigenvalue weighted by Crippen LogP contribution is 2.34. The van der Waals surface area contributed by atoms with Gasteiger partial charge in [-0.25, -0.2) is 4.79 Å². The van der Waals surface area contributed by atoms with Crippen molar-refractivity contribution in [2.24, 2.45) is 5.10 Å². The number of aliphatic carboxylic acids is 1. The van der Waals surface area contributed by atoms with Crippen molar-refractivity contribution in [3.05, 3.63) is 88.5 Å². The van der Waals surface area contributed by atoms with Crippen LogP contribution in [0.4, 0.5) is 5.69 Å². The molecule has 0 aliphatic carbocycles. The summed E-state index contributed by atoms with van der Waals surface area (Å²) in [7, 11) is 4.83. The highest BCUT2D eigenvalue weighted by Gasteiger charge is 2.38. The smallest absolute Gasteiger partial charge is 0.341 e. The van der Waals surface area contributed by atoms with E-state index < -0.39 is 10.6 Å². The van der Waals surface area contributed by atoms with Gasteiger partial charge in [-0.2, -0.15) is 0 Å². The molecule has 8 heteroatoms. The van der Waals surface area contributed by atoms with Crippen LogP contribution in [0.1, 0.15) is 48.6 Å². The lowest BCUT2D eigenvalue weighted by molar-refractivity contribution is -0.295. The number of benzene rings is 3. The minimum atomic E-state index is -1.46. The summed E-state index contributed by atoms with van der Waals surface area (Å²) in [5.74, 6) is -0.692. The molecule has 3 aromatic rings. The van der Waals surface area contributed by atoms with Crippen LogP contribution in [0, 0.1) is 6.92 Å². The van der Waals surface area contributed by atoms with Gasteiger partial charge >= 0.3 is 5.91 Å². The fraction of sp³-hybridized carbons (Fsp3) is 0.344. The Morgan fingerprint density at radius 3 is 1.60 bits per heavy atom. The zero-order valence-corrected chi connectivity index (χ0v) is 24.5. The summed E-state index contributed by atoms with van der Waals surface area (Å²) in [5, 5.41) is 17.5. The summed E-state index contributed by atoms with van der Waals surface area (Å²) in [6, 6.07) is 18.8. The minimum absolute atomic E-state index is 0.218. The van der Waals surface area contributed by atoms with Gasteiger partial charge in [0, 0.05) is 24.2 Å². The second kappa shape index (κ2) is 13.3. The van der Waals surface area contributed by atoms with Crippen LogP contribution in [-0.4, -0.2) is 43.9 Å². The first kappa shape index (κ1) is 30.4. The molecule has 1 atom stereocenters. The molecule has 0 aliphatic heterocycles. The average Bonchev–Trinajstić information content (AvgIpc) is 2.95. The summed E-state index contributed by atoms with van der Waals surface area (Å²) in [4.78, 5) is 27.7. The van der Waals surface area contributed by atoms with Crippen molar-refractivity contribution in [2.45, 2.75) is 53.6 Å². The Labute approximate surface area is 237 Å². The Bertz CT molecular complexity index is 1290. The molecule has 0 N–H and O–H groups in total. The van der Waals surface area contributed by atoms with Crippen molar-refractivity contribution in [1.29, 1.82) is 0 Å². The summed E-state index contributed by atoms with van der Waals surface area (Å²) in [6.07, 6.45) is 1.34. The topological polar surface area (TPSA) is 91.3 Å². The van der Waals surface area contributed by atoms with E-state index in [4.69, 9.17) is 14.6 Å². The van der Waals surface area contributed by atoms with Crippen LogP contribution in [-0.2, 0) is 35.5 Å². The molecule has 0 aromatic heterocycles. The molecule has 0 heterocycles. The van der Waals surface area contributed by atoms with Crippen molar-refractivity contribution >= 4 is 23.4 Å². The molecule has 1 unspecified atom stereocenters. The van der Waals surface area contributed by atoms with Crippen LogP contribution in [0.25, 0.3) is 0 Å². The highest BCUT2D eigenvalue weighted by molar-refractivity contribution is 6.33. The molecule has 3 aromatic carbocycles. The van der Waals surface area contributed by atoms with E-state index in [1.54, 1.807) is 26.2 Å². The van der Waals surface area contributed by atoms with Gasteiger partial charge in [0.15, 0.2) is 5.69 Å². The summed E-state index contributed by atoms with van der Waals surface area (Å²) in [5.41, 5.74) is 5.38. The highest BCUT2D eigenvalue weighted by atomic mass is 16.5. The van der Waals surface area contributed by atoms with E-state index in [0.717, 1.165) is 27.8 Å². The number of aryl methyl sites for hydroxylation is 3. The molecule has 0 spiro atoms. The monoisotopic (exact) mass is 545 g/mol. The molecule has 212 valence electrons. The molecule has 3 rings (SSSR count). The van der Waals surface area contributed by atoms with Crippen molar-refractivity contribution < 1.29 is 24.2 Å². The van der Waals surface area contributed by atoms with Crippen LogP contribution < -0.4 is 19.2 Å². The third-order valence-electron chi connectivity index (χ3n) is 7.06. The van der Waals surface area contributed by atoms with Crippen molar-refractivity contribution in [1.82, 2.24) is 9.49 Å². The van der Waals surface area contributed by atoms with Gasteiger partial charge in [-0.15, -0.1) is 4.59 Å². The molecular formula is C32H39N3O5. The van der Waals surface area contributed by atoms with E-state index in [0.29, 0.717) is 30.0 Å². The number of rotatable bonds is 10. The van der Waals surface area contributed by atoms with E-state index in [1.165, 1.54) is 6.92 Å². The number of hydrogen-bond acceptors (Lipinski definition) is 6. The van der Waals surface area contributed by atoms with Gasteiger partial charge in [0.2, 0.25) is 5.84 Å². The maximum Gasteiger partial charge on any atom is 0.341 e. The Hall–Kier alpha value is -4.17. The third-order valence-corrected chi connectivity index (χ3v) is 7.06. The molecule has 0 aliphatic rings. The third kappa shape index (κ3) is 6.87. The fourth-order valence-corrected chi connectivity index (χ4v) is 4.84. The first-order chi connectivity index (χ1) is 19.1. The van der Waals surface area contributed by atoms with E-state index in [-0.39, 0.29) is 24.8 Å². The van der Waals surface area contributed by atoms with Gasteiger partial charge in [0.25, 0.3) is 0 Å². The summed E-state index contributed by atoms with van der Waals surface area (Å²) >= 11 is 0. The molecule has 0 saturated heterocycles. The number of quaternary nitrogens is 1. The number of carboxylic acid groups (broad SMARTS) is 1. The Morgan fingerprint density at radius 1 is 0.850 bits per heavy atom. The predicted octanol–water partition coefficient (Wildman–Crippen LogP) is 4.39. The minimum Gasteiger partial charge on any atom is -0.541 e. The number of carbonyl (C=O) groups is 2. The van der Waals surface area contributed by atoms with E-state index >= 15 is 0 Å². The van der Waals surface area contributed by atoms with Crippen LogP contribution in [0.3, 0.4) is 0 Å². The first-order valence-electron chi connectivity index (χ1n) is 13.4. The average molecular weight is 546 g/mol. The number of ether oxygens (including phenoxy) is 2. The summed E-state index contributed by atoms with van der Waals surface area (Å²) < 4.78 is 10.0. The maximum absolute atomic E-state index is 13.3. The molecule has 0 radical (unpaired) electrons. The van der Waals surface area contributed by atoms with Gasteiger partial charge in [-0.05, 0) is 60.3 Å². The Morgan fingerprint density at radius 2 is 1.27 bits per heavy atom. The molecule has 0 saturated carbocycles. The second-order valence-corrected chi connectivity index (χ2v) is 9.88. The zero-order valence-electron chi connectivity index (χ0n) is 24.5. The SMILES string of the molecule is CCc1cc(C)cc(CC)c1[N+](C)(N=C(C(=O)[O-])N(Cc1ccc(OC)cc1)Cc1ccc(OC)cc1)C(C)=O. The normalized spacial score (nSPS) is 12.9. The second-order valence-electron chi connectivity index (χ2n) is 9.88. The van der Waals surface area contributed by atoms with Crippen molar-refractivity contribution in [2.75, 3.05) is 21.3 Å². The molecule has 0 bridgehead atoms. The van der Waals surface area contributed by atoms with Crippen LogP contribution in [0.15, 0.2) is 65.8 Å². The number of carboxylic acids is 1. The Balaban J connectivity index is 2.21. The quantitative estimate of drug-likeness (QED) is 0.162. The lowest BCUT2D eigenvalue weighted by Gasteiger charge is -2.32. The first-order valence-corrected chi connectivity index (χ1v) is 13.4. The number of nitrogens with zero attached hydrogens (tertiary/aromatic N) is 3. The van der Waals surface area contributed by atoms with E-state index in [9.17, 15) is 14.7 Å². The van der Waals surface area contributed by atoms with Crippen molar-refractivity contribution in [3.63, 3.8) is 0 Å². The standard InChI is InChI=1S/C32H39N3O5/c1-8-26-18-22(3)19-27(9-2)30(26)35(5,23(4)36)33-31(32(37)38)34(20-24-10-14-28(39-6)15-11-24)21-25-12-16-29(40-7)17-13-25/h10-19H,8-9,20-21H2,1-7H3. The van der Waals surface area contributed by atoms with Gasteiger partial charge in [0.1, 0.15) is 24.5 Å². The molecule has 1 amide bonds. The number of carbonyl (C=O) groups excluding carboxylic acids is 2.